The van der Waals surface area contributed by atoms with Gasteiger partial charge in [0.2, 0.25) is 5.91 Å². The summed E-state index contributed by atoms with van der Waals surface area (Å²) in [6, 6.07) is 6.42. The fourth-order valence-corrected chi connectivity index (χ4v) is 2.96. The molecule has 128 valence electrons. The van der Waals surface area contributed by atoms with E-state index in [0.717, 1.165) is 38.9 Å². The number of hydrogen-bond acceptors (Lipinski definition) is 3. The molecular weight excluding hydrogens is 295 g/mol. The molecule has 1 aliphatic heterocycles. The van der Waals surface area contributed by atoms with Gasteiger partial charge in [0.25, 0.3) is 0 Å². The molecule has 0 bridgehead atoms. The molecule has 1 fully saturated rings. The van der Waals surface area contributed by atoms with Gasteiger partial charge in [-0.2, -0.15) is 0 Å². The minimum Gasteiger partial charge on any atom is -0.393 e. The van der Waals surface area contributed by atoms with Crippen LogP contribution in [0.25, 0.3) is 0 Å². The Labute approximate surface area is 137 Å². The number of aliphatic hydroxyl groups is 1. The lowest BCUT2D eigenvalue weighted by Crippen LogP contribution is -2.42. The number of rotatable bonds is 6. The second kappa shape index (κ2) is 7.88. The van der Waals surface area contributed by atoms with E-state index in [4.69, 9.17) is 0 Å². The molecule has 2 N–H and O–H groups in total. The van der Waals surface area contributed by atoms with E-state index < -0.39 is 5.41 Å². The fraction of sp³-hybridized carbons (Fsp3) is 0.611. The van der Waals surface area contributed by atoms with Gasteiger partial charge in [-0.25, -0.2) is 4.39 Å². The highest BCUT2D eigenvalue weighted by Crippen LogP contribution is 2.25. The number of nitrogens with one attached hydrogen (secondary N) is 1. The summed E-state index contributed by atoms with van der Waals surface area (Å²) in [7, 11) is 0. The molecule has 4 nitrogen and oxygen atoms in total. The summed E-state index contributed by atoms with van der Waals surface area (Å²) in [5.74, 6) is -0.504. The van der Waals surface area contributed by atoms with Gasteiger partial charge in [-0.15, -0.1) is 0 Å². The van der Waals surface area contributed by atoms with Crippen LogP contribution in [0.5, 0.6) is 0 Å². The van der Waals surface area contributed by atoms with E-state index in [-0.39, 0.29) is 17.8 Å². The number of amides is 1. The van der Waals surface area contributed by atoms with Crippen molar-refractivity contribution in [1.82, 2.24) is 10.2 Å². The number of likely N-dealkylation sites (tertiary alicyclic amines) is 1. The number of benzene rings is 1. The maximum Gasteiger partial charge on any atom is 0.230 e. The van der Waals surface area contributed by atoms with Gasteiger partial charge in [0.1, 0.15) is 5.82 Å². The molecule has 1 saturated heterocycles. The average Bonchev–Trinajstić information content (AvgIpc) is 2.53. The second-order valence-electron chi connectivity index (χ2n) is 6.79. The maximum atomic E-state index is 13.9. The summed E-state index contributed by atoms with van der Waals surface area (Å²) in [6.07, 6.45) is 2.35. The van der Waals surface area contributed by atoms with Crippen LogP contribution in [-0.2, 0) is 10.2 Å². The van der Waals surface area contributed by atoms with Crippen molar-refractivity contribution < 1.29 is 14.3 Å². The molecule has 0 saturated carbocycles. The van der Waals surface area contributed by atoms with Crippen LogP contribution in [0.1, 0.15) is 38.7 Å². The zero-order chi connectivity index (χ0) is 16.9. The third-order valence-electron chi connectivity index (χ3n) is 4.61. The molecule has 0 unspecified atom stereocenters. The van der Waals surface area contributed by atoms with Gasteiger partial charge >= 0.3 is 0 Å². The second-order valence-corrected chi connectivity index (χ2v) is 6.79. The van der Waals surface area contributed by atoms with Crippen LogP contribution in [0, 0.1) is 5.82 Å². The highest BCUT2D eigenvalue weighted by atomic mass is 19.1. The SMILES string of the molecule is CC(C)(C(=O)NCCCN1CCC(O)CC1)c1ccccc1F. The van der Waals surface area contributed by atoms with Gasteiger partial charge < -0.3 is 15.3 Å². The Bertz CT molecular complexity index is 526. The number of carbonyl (C=O) groups is 1. The first-order valence-electron chi connectivity index (χ1n) is 8.35. The number of aliphatic hydroxyl groups excluding tert-OH is 1. The largest absolute Gasteiger partial charge is 0.393 e. The lowest BCUT2D eigenvalue weighted by Gasteiger charge is -2.29. The van der Waals surface area contributed by atoms with Crippen molar-refractivity contribution in [2.75, 3.05) is 26.2 Å². The van der Waals surface area contributed by atoms with Gasteiger partial charge in [0.05, 0.1) is 11.5 Å². The minimum atomic E-state index is -0.888. The summed E-state index contributed by atoms with van der Waals surface area (Å²) in [5.41, 5.74) is -0.469. The monoisotopic (exact) mass is 322 g/mol. The molecule has 5 heteroatoms. The number of hydrogen-bond donors (Lipinski definition) is 2. The summed E-state index contributed by atoms with van der Waals surface area (Å²) < 4.78 is 13.9. The Morgan fingerprint density at radius 3 is 2.65 bits per heavy atom. The molecule has 0 radical (unpaired) electrons. The number of piperidine rings is 1. The molecule has 1 aliphatic rings. The lowest BCUT2D eigenvalue weighted by molar-refractivity contribution is -0.125. The van der Waals surface area contributed by atoms with Gasteiger partial charge in [-0.3, -0.25) is 4.79 Å². The quantitative estimate of drug-likeness (QED) is 0.788. The molecule has 2 rings (SSSR count). The summed E-state index contributed by atoms with van der Waals surface area (Å²) in [4.78, 5) is 14.7. The van der Waals surface area contributed by atoms with Crippen molar-refractivity contribution in [2.45, 2.75) is 44.6 Å². The molecular formula is C18H27FN2O2. The van der Waals surface area contributed by atoms with Gasteiger partial charge in [-0.1, -0.05) is 18.2 Å². The molecule has 1 heterocycles. The third kappa shape index (κ3) is 4.75. The maximum absolute atomic E-state index is 13.9. The smallest absolute Gasteiger partial charge is 0.230 e. The number of carbonyl (C=O) groups excluding carboxylic acids is 1. The standard InChI is InChI=1S/C18H27FN2O2/c1-18(2,15-6-3-4-7-16(15)19)17(23)20-10-5-11-21-12-8-14(22)9-13-21/h3-4,6-7,14,22H,5,8-13H2,1-2H3,(H,20,23). The van der Waals surface area contributed by atoms with E-state index in [9.17, 15) is 14.3 Å². The van der Waals surface area contributed by atoms with Crippen molar-refractivity contribution in [3.05, 3.63) is 35.6 Å². The van der Waals surface area contributed by atoms with Crippen molar-refractivity contribution in [1.29, 1.82) is 0 Å². The predicted octanol–water partition coefficient (Wildman–Crippen LogP) is 2.07. The third-order valence-corrected chi connectivity index (χ3v) is 4.61. The topological polar surface area (TPSA) is 52.6 Å². The van der Waals surface area contributed by atoms with E-state index in [1.54, 1.807) is 32.0 Å². The summed E-state index contributed by atoms with van der Waals surface area (Å²) >= 11 is 0. The molecule has 1 aromatic carbocycles. The average molecular weight is 322 g/mol. The minimum absolute atomic E-state index is 0.156. The molecule has 0 aliphatic carbocycles. The molecule has 23 heavy (non-hydrogen) atoms. The van der Waals surface area contributed by atoms with Crippen molar-refractivity contribution in [3.63, 3.8) is 0 Å². The first-order valence-corrected chi connectivity index (χ1v) is 8.35. The normalized spacial score (nSPS) is 17.2. The van der Waals surface area contributed by atoms with Gasteiger partial charge in [0, 0.05) is 25.2 Å². The Hall–Kier alpha value is -1.46. The van der Waals surface area contributed by atoms with Crippen LogP contribution < -0.4 is 5.32 Å². The fourth-order valence-electron chi connectivity index (χ4n) is 2.96. The summed E-state index contributed by atoms with van der Waals surface area (Å²) in [6.45, 7) is 6.80. The first kappa shape index (κ1) is 17.9. The van der Waals surface area contributed by atoms with Crippen LogP contribution in [0.4, 0.5) is 4.39 Å². The number of nitrogens with zero attached hydrogens (tertiary/aromatic N) is 1. The van der Waals surface area contributed by atoms with Crippen molar-refractivity contribution >= 4 is 5.91 Å². The molecule has 1 aromatic rings. The van der Waals surface area contributed by atoms with Crippen LogP contribution in [0.3, 0.4) is 0 Å². The van der Waals surface area contributed by atoms with Gasteiger partial charge in [-0.05, 0) is 45.7 Å². The van der Waals surface area contributed by atoms with E-state index in [1.165, 1.54) is 6.07 Å². The number of halogens is 1. The predicted molar refractivity (Wildman–Crippen MR) is 88.7 cm³/mol. The lowest BCUT2D eigenvalue weighted by atomic mass is 9.83. The van der Waals surface area contributed by atoms with Gasteiger partial charge in [0.15, 0.2) is 0 Å². The zero-order valence-corrected chi connectivity index (χ0v) is 14.0. The Morgan fingerprint density at radius 1 is 1.35 bits per heavy atom. The van der Waals surface area contributed by atoms with Crippen LogP contribution >= 0.6 is 0 Å². The molecule has 1 amide bonds. The Morgan fingerprint density at radius 2 is 2.00 bits per heavy atom. The van der Waals surface area contributed by atoms with Crippen molar-refractivity contribution in [2.24, 2.45) is 0 Å². The van der Waals surface area contributed by atoms with E-state index in [0.29, 0.717) is 12.1 Å². The Kier molecular flexibility index (Phi) is 6.13. The molecule has 0 spiro atoms. The van der Waals surface area contributed by atoms with Crippen LogP contribution in [-0.4, -0.2) is 48.2 Å². The Balaban J connectivity index is 1.77. The van der Waals surface area contributed by atoms with E-state index in [2.05, 4.69) is 10.2 Å². The zero-order valence-electron chi connectivity index (χ0n) is 14.0. The van der Waals surface area contributed by atoms with Crippen LogP contribution in [0.2, 0.25) is 0 Å². The highest BCUT2D eigenvalue weighted by molar-refractivity contribution is 5.87. The molecule has 0 atom stereocenters. The summed E-state index contributed by atoms with van der Waals surface area (Å²) in [5, 5.41) is 12.4. The molecule has 0 aromatic heterocycles. The van der Waals surface area contributed by atoms with E-state index >= 15 is 0 Å². The van der Waals surface area contributed by atoms with Crippen LogP contribution in [0.15, 0.2) is 24.3 Å². The van der Waals surface area contributed by atoms with E-state index in [1.807, 2.05) is 0 Å². The first-order chi connectivity index (χ1) is 10.9. The van der Waals surface area contributed by atoms with Crippen molar-refractivity contribution in [3.8, 4) is 0 Å². The highest BCUT2D eigenvalue weighted by Gasteiger charge is 2.31.